The lowest BCUT2D eigenvalue weighted by molar-refractivity contribution is -0.134. The average molecular weight is 337 g/mol. The Kier molecular flexibility index (Phi) is 5.74. The van der Waals surface area contributed by atoms with Crippen LogP contribution in [0.2, 0.25) is 0 Å². The van der Waals surface area contributed by atoms with Crippen LogP contribution in [-0.2, 0) is 10.2 Å². The Bertz CT molecular complexity index is 513. The zero-order chi connectivity index (χ0) is 15.6. The van der Waals surface area contributed by atoms with E-state index in [2.05, 4.69) is 48.3 Å². The third-order valence-electron chi connectivity index (χ3n) is 5.66. The number of nitrogens with one attached hydrogen (secondary N) is 1. The van der Waals surface area contributed by atoms with E-state index in [0.717, 1.165) is 39.0 Å². The molecule has 4 heteroatoms. The molecule has 0 unspecified atom stereocenters. The van der Waals surface area contributed by atoms with Gasteiger partial charge in [-0.05, 0) is 42.2 Å². The molecule has 2 aliphatic heterocycles. The molecule has 1 amide bonds. The lowest BCUT2D eigenvalue weighted by atomic mass is 9.77. The molecule has 2 heterocycles. The molecular weight excluding hydrogens is 308 g/mol. The number of benzene rings is 1. The van der Waals surface area contributed by atoms with Crippen LogP contribution in [0.15, 0.2) is 30.3 Å². The molecule has 1 aromatic rings. The number of hydrogen-bond donors (Lipinski definition) is 1. The Morgan fingerprint density at radius 2 is 1.83 bits per heavy atom. The summed E-state index contributed by atoms with van der Waals surface area (Å²) in [5, 5.41) is 3.48. The van der Waals surface area contributed by atoms with E-state index in [4.69, 9.17) is 0 Å². The Balaban J connectivity index is 0.00000192. The van der Waals surface area contributed by atoms with Crippen molar-refractivity contribution in [3.05, 3.63) is 35.9 Å². The minimum absolute atomic E-state index is 0. The highest BCUT2D eigenvalue weighted by Gasteiger charge is 2.38. The van der Waals surface area contributed by atoms with Crippen LogP contribution >= 0.6 is 12.4 Å². The van der Waals surface area contributed by atoms with E-state index in [1.165, 1.54) is 12.0 Å². The van der Waals surface area contributed by atoms with E-state index in [9.17, 15) is 4.79 Å². The standard InChI is InChI=1S/C19H28N2O.ClH/c1-18(2,16-6-4-3-5-7-16)14-17(22)21-12-9-19(10-13-21)8-11-20-15-19;/h3-7,20H,8-15H2,1-2H3;1H. The summed E-state index contributed by atoms with van der Waals surface area (Å²) in [7, 11) is 0. The van der Waals surface area contributed by atoms with Gasteiger partial charge in [-0.1, -0.05) is 44.2 Å². The second-order valence-electron chi connectivity index (χ2n) is 7.73. The molecule has 23 heavy (non-hydrogen) atoms. The van der Waals surface area contributed by atoms with Crippen LogP contribution in [-0.4, -0.2) is 37.0 Å². The van der Waals surface area contributed by atoms with Crippen LogP contribution in [0.1, 0.15) is 45.1 Å². The SMILES string of the molecule is CC(C)(CC(=O)N1CCC2(CCNC2)CC1)c1ccccc1.Cl. The first-order chi connectivity index (χ1) is 10.5. The normalized spacial score (nSPS) is 20.3. The Labute approximate surface area is 146 Å². The first-order valence-electron chi connectivity index (χ1n) is 8.55. The third-order valence-corrected chi connectivity index (χ3v) is 5.66. The summed E-state index contributed by atoms with van der Waals surface area (Å²) in [4.78, 5) is 14.8. The van der Waals surface area contributed by atoms with E-state index in [-0.39, 0.29) is 17.8 Å². The smallest absolute Gasteiger partial charge is 0.223 e. The maximum Gasteiger partial charge on any atom is 0.223 e. The fourth-order valence-corrected chi connectivity index (χ4v) is 3.93. The molecule has 128 valence electrons. The molecule has 0 atom stereocenters. The average Bonchev–Trinajstić information content (AvgIpc) is 2.96. The molecule has 0 bridgehead atoms. The number of piperidine rings is 1. The number of nitrogens with zero attached hydrogens (tertiary/aromatic N) is 1. The predicted octanol–water partition coefficient (Wildman–Crippen LogP) is 3.38. The summed E-state index contributed by atoms with van der Waals surface area (Å²) in [6, 6.07) is 10.4. The highest BCUT2D eigenvalue weighted by atomic mass is 35.5. The summed E-state index contributed by atoms with van der Waals surface area (Å²) in [5.74, 6) is 0.314. The summed E-state index contributed by atoms with van der Waals surface area (Å²) >= 11 is 0. The van der Waals surface area contributed by atoms with E-state index in [1.54, 1.807) is 0 Å². The molecule has 2 aliphatic rings. The zero-order valence-corrected chi connectivity index (χ0v) is 15.1. The lowest BCUT2D eigenvalue weighted by Gasteiger charge is -2.40. The van der Waals surface area contributed by atoms with E-state index in [0.29, 0.717) is 17.7 Å². The first-order valence-corrected chi connectivity index (χ1v) is 8.55. The van der Waals surface area contributed by atoms with Gasteiger partial charge in [-0.3, -0.25) is 4.79 Å². The van der Waals surface area contributed by atoms with Crippen molar-refractivity contribution in [3.8, 4) is 0 Å². The molecule has 1 aromatic carbocycles. The Morgan fingerprint density at radius 1 is 1.17 bits per heavy atom. The quantitative estimate of drug-likeness (QED) is 0.917. The van der Waals surface area contributed by atoms with Crippen LogP contribution in [0.3, 0.4) is 0 Å². The molecular formula is C19H29ClN2O. The monoisotopic (exact) mass is 336 g/mol. The fourth-order valence-electron chi connectivity index (χ4n) is 3.93. The van der Waals surface area contributed by atoms with Crippen LogP contribution < -0.4 is 5.32 Å². The van der Waals surface area contributed by atoms with Crippen molar-refractivity contribution in [3.63, 3.8) is 0 Å². The number of amides is 1. The van der Waals surface area contributed by atoms with Gasteiger partial charge in [-0.15, -0.1) is 12.4 Å². The number of hydrogen-bond acceptors (Lipinski definition) is 2. The van der Waals surface area contributed by atoms with Crippen molar-refractivity contribution < 1.29 is 4.79 Å². The van der Waals surface area contributed by atoms with E-state index < -0.39 is 0 Å². The molecule has 0 aliphatic carbocycles. The van der Waals surface area contributed by atoms with Gasteiger partial charge in [0.25, 0.3) is 0 Å². The van der Waals surface area contributed by atoms with Crippen molar-refractivity contribution in [1.29, 1.82) is 0 Å². The van der Waals surface area contributed by atoms with Gasteiger partial charge in [-0.2, -0.15) is 0 Å². The van der Waals surface area contributed by atoms with Gasteiger partial charge in [-0.25, -0.2) is 0 Å². The topological polar surface area (TPSA) is 32.3 Å². The fraction of sp³-hybridized carbons (Fsp3) is 0.632. The van der Waals surface area contributed by atoms with Crippen molar-refractivity contribution in [1.82, 2.24) is 10.2 Å². The molecule has 0 radical (unpaired) electrons. The lowest BCUT2D eigenvalue weighted by Crippen LogP contribution is -2.45. The number of halogens is 1. The van der Waals surface area contributed by atoms with Crippen LogP contribution in [0.25, 0.3) is 0 Å². The van der Waals surface area contributed by atoms with Gasteiger partial charge in [0.2, 0.25) is 5.91 Å². The second kappa shape index (κ2) is 7.23. The minimum Gasteiger partial charge on any atom is -0.343 e. The molecule has 2 fully saturated rings. The predicted molar refractivity (Wildman–Crippen MR) is 97.1 cm³/mol. The van der Waals surface area contributed by atoms with Gasteiger partial charge in [0, 0.05) is 26.1 Å². The number of carbonyl (C=O) groups excluding carboxylic acids is 1. The molecule has 2 saturated heterocycles. The zero-order valence-electron chi connectivity index (χ0n) is 14.3. The van der Waals surface area contributed by atoms with E-state index in [1.807, 2.05) is 6.07 Å². The minimum atomic E-state index is -0.0948. The second-order valence-corrected chi connectivity index (χ2v) is 7.73. The summed E-state index contributed by atoms with van der Waals surface area (Å²) in [6.45, 7) is 8.51. The molecule has 0 aromatic heterocycles. The molecule has 3 rings (SSSR count). The van der Waals surface area contributed by atoms with Crippen LogP contribution in [0.4, 0.5) is 0 Å². The third kappa shape index (κ3) is 4.07. The first kappa shape index (κ1) is 18.3. The molecule has 0 saturated carbocycles. The van der Waals surface area contributed by atoms with E-state index >= 15 is 0 Å². The highest BCUT2D eigenvalue weighted by Crippen LogP contribution is 2.37. The van der Waals surface area contributed by atoms with Gasteiger partial charge in [0.1, 0.15) is 0 Å². The number of likely N-dealkylation sites (tertiary alicyclic amines) is 1. The number of rotatable bonds is 3. The van der Waals surface area contributed by atoms with Gasteiger partial charge in [0.05, 0.1) is 0 Å². The highest BCUT2D eigenvalue weighted by molar-refractivity contribution is 5.85. The Morgan fingerprint density at radius 3 is 2.39 bits per heavy atom. The molecule has 1 N–H and O–H groups in total. The summed E-state index contributed by atoms with van der Waals surface area (Å²) < 4.78 is 0. The summed E-state index contributed by atoms with van der Waals surface area (Å²) in [6.07, 6.45) is 4.21. The van der Waals surface area contributed by atoms with Crippen LogP contribution in [0, 0.1) is 5.41 Å². The molecule has 3 nitrogen and oxygen atoms in total. The van der Waals surface area contributed by atoms with Crippen LogP contribution in [0.5, 0.6) is 0 Å². The van der Waals surface area contributed by atoms with Gasteiger partial charge in [0.15, 0.2) is 0 Å². The van der Waals surface area contributed by atoms with Crippen molar-refractivity contribution in [2.24, 2.45) is 5.41 Å². The maximum absolute atomic E-state index is 12.7. The van der Waals surface area contributed by atoms with Crippen molar-refractivity contribution >= 4 is 18.3 Å². The largest absolute Gasteiger partial charge is 0.343 e. The maximum atomic E-state index is 12.7. The van der Waals surface area contributed by atoms with Crippen molar-refractivity contribution in [2.75, 3.05) is 26.2 Å². The molecule has 1 spiro atoms. The number of carbonyl (C=O) groups is 1. The Hall–Kier alpha value is -1.06. The van der Waals surface area contributed by atoms with Gasteiger partial charge >= 0.3 is 0 Å². The van der Waals surface area contributed by atoms with Gasteiger partial charge < -0.3 is 10.2 Å². The van der Waals surface area contributed by atoms with Crippen molar-refractivity contribution in [2.45, 2.75) is 44.9 Å². The summed E-state index contributed by atoms with van der Waals surface area (Å²) in [5.41, 5.74) is 1.63.